The highest BCUT2D eigenvalue weighted by molar-refractivity contribution is 6.09. The Bertz CT molecular complexity index is 725. The standard InChI is InChI=1S/C21H29N3O3/c1-3-12-21(13-4-2)19(26)24(20(27)23-21)14-18(25)22-17-11-7-9-15-8-5-6-10-16(15)17/h5-6,8,10,17H,3-4,7,9,11-14H2,1-2H3,(H,22,25)(H,23,27). The number of hydrogen-bond acceptors (Lipinski definition) is 3. The molecule has 1 atom stereocenters. The number of carbonyl (C=O) groups excluding carboxylic acids is 3. The highest BCUT2D eigenvalue weighted by atomic mass is 16.2. The molecule has 2 aliphatic rings. The fourth-order valence-corrected chi connectivity index (χ4v) is 4.42. The van der Waals surface area contributed by atoms with Crippen molar-refractivity contribution in [3.63, 3.8) is 0 Å². The predicted octanol–water partition coefficient (Wildman–Crippen LogP) is 3.07. The Hall–Kier alpha value is -2.37. The van der Waals surface area contributed by atoms with Crippen molar-refractivity contribution in [2.24, 2.45) is 0 Å². The zero-order chi connectivity index (χ0) is 19.4. The summed E-state index contributed by atoms with van der Waals surface area (Å²) in [6, 6.07) is 7.61. The topological polar surface area (TPSA) is 78.5 Å². The summed E-state index contributed by atoms with van der Waals surface area (Å²) in [5, 5.41) is 5.87. The Morgan fingerprint density at radius 1 is 1.22 bits per heavy atom. The Morgan fingerprint density at radius 2 is 1.93 bits per heavy atom. The smallest absolute Gasteiger partial charge is 0.325 e. The quantitative estimate of drug-likeness (QED) is 0.723. The van der Waals surface area contributed by atoms with Gasteiger partial charge >= 0.3 is 6.03 Å². The molecule has 146 valence electrons. The molecule has 3 rings (SSSR count). The molecule has 0 radical (unpaired) electrons. The molecule has 1 aliphatic heterocycles. The Labute approximate surface area is 160 Å². The number of nitrogens with one attached hydrogen (secondary N) is 2. The van der Waals surface area contributed by atoms with Crippen LogP contribution in [0.2, 0.25) is 0 Å². The van der Waals surface area contributed by atoms with Crippen LogP contribution in [0.1, 0.15) is 69.5 Å². The molecule has 6 heteroatoms. The molecule has 0 spiro atoms. The molecule has 1 fully saturated rings. The molecule has 1 unspecified atom stereocenters. The van der Waals surface area contributed by atoms with E-state index in [9.17, 15) is 14.4 Å². The van der Waals surface area contributed by atoms with E-state index in [2.05, 4.69) is 16.7 Å². The van der Waals surface area contributed by atoms with Crippen molar-refractivity contribution in [1.82, 2.24) is 15.5 Å². The molecule has 1 aliphatic carbocycles. The third kappa shape index (κ3) is 3.84. The van der Waals surface area contributed by atoms with E-state index in [1.54, 1.807) is 0 Å². The molecule has 27 heavy (non-hydrogen) atoms. The number of carbonyl (C=O) groups is 3. The minimum absolute atomic E-state index is 0.0562. The van der Waals surface area contributed by atoms with Gasteiger partial charge in [0.1, 0.15) is 12.1 Å². The lowest BCUT2D eigenvalue weighted by molar-refractivity contribution is -0.135. The van der Waals surface area contributed by atoms with Crippen LogP contribution in [-0.2, 0) is 16.0 Å². The number of aryl methyl sites for hydroxylation is 1. The van der Waals surface area contributed by atoms with Gasteiger partial charge in [0, 0.05) is 0 Å². The third-order valence-corrected chi connectivity index (χ3v) is 5.61. The van der Waals surface area contributed by atoms with Gasteiger partial charge < -0.3 is 10.6 Å². The van der Waals surface area contributed by atoms with Crippen LogP contribution >= 0.6 is 0 Å². The first kappa shape index (κ1) is 19.4. The van der Waals surface area contributed by atoms with Crippen molar-refractivity contribution >= 4 is 17.8 Å². The van der Waals surface area contributed by atoms with Crippen LogP contribution in [0.25, 0.3) is 0 Å². The number of imide groups is 1. The van der Waals surface area contributed by atoms with Crippen molar-refractivity contribution in [1.29, 1.82) is 0 Å². The molecule has 1 aromatic rings. The summed E-state index contributed by atoms with van der Waals surface area (Å²) in [6.45, 7) is 3.76. The van der Waals surface area contributed by atoms with Crippen LogP contribution in [0.15, 0.2) is 24.3 Å². The molecular weight excluding hydrogens is 342 g/mol. The van der Waals surface area contributed by atoms with Crippen LogP contribution in [-0.4, -0.2) is 34.8 Å². The lowest BCUT2D eigenvalue weighted by atomic mass is 9.87. The number of urea groups is 1. The van der Waals surface area contributed by atoms with Crippen molar-refractivity contribution < 1.29 is 14.4 Å². The molecule has 1 aromatic carbocycles. The highest BCUT2D eigenvalue weighted by Crippen LogP contribution is 2.30. The first-order valence-corrected chi connectivity index (χ1v) is 10.0. The lowest BCUT2D eigenvalue weighted by Gasteiger charge is -2.27. The molecule has 2 N–H and O–H groups in total. The monoisotopic (exact) mass is 371 g/mol. The van der Waals surface area contributed by atoms with Gasteiger partial charge in [0.2, 0.25) is 5.91 Å². The minimum atomic E-state index is -0.849. The second-order valence-electron chi connectivity index (χ2n) is 7.61. The van der Waals surface area contributed by atoms with Crippen molar-refractivity contribution in [3.05, 3.63) is 35.4 Å². The average Bonchev–Trinajstić information content (AvgIpc) is 2.87. The predicted molar refractivity (Wildman–Crippen MR) is 103 cm³/mol. The number of benzene rings is 1. The van der Waals surface area contributed by atoms with Gasteiger partial charge in [-0.05, 0) is 43.2 Å². The lowest BCUT2D eigenvalue weighted by Crippen LogP contribution is -2.47. The first-order valence-electron chi connectivity index (χ1n) is 10.0. The van der Waals surface area contributed by atoms with Gasteiger partial charge in [0.05, 0.1) is 6.04 Å². The maximum Gasteiger partial charge on any atom is 0.325 e. The highest BCUT2D eigenvalue weighted by Gasteiger charge is 2.50. The van der Waals surface area contributed by atoms with E-state index >= 15 is 0 Å². The maximum absolute atomic E-state index is 12.9. The van der Waals surface area contributed by atoms with Crippen molar-refractivity contribution in [3.8, 4) is 0 Å². The molecule has 6 nitrogen and oxygen atoms in total. The van der Waals surface area contributed by atoms with Gasteiger partial charge in [0.15, 0.2) is 0 Å². The largest absolute Gasteiger partial charge is 0.348 e. The zero-order valence-corrected chi connectivity index (χ0v) is 16.2. The van der Waals surface area contributed by atoms with E-state index in [0.29, 0.717) is 12.8 Å². The number of nitrogens with zero attached hydrogens (tertiary/aromatic N) is 1. The van der Waals surface area contributed by atoms with Crippen LogP contribution in [0.5, 0.6) is 0 Å². The molecule has 0 saturated carbocycles. The summed E-state index contributed by atoms with van der Waals surface area (Å²) < 4.78 is 0. The maximum atomic E-state index is 12.9. The van der Waals surface area contributed by atoms with Crippen LogP contribution in [0.4, 0.5) is 4.79 Å². The third-order valence-electron chi connectivity index (χ3n) is 5.61. The van der Waals surface area contributed by atoms with E-state index < -0.39 is 11.6 Å². The van der Waals surface area contributed by atoms with E-state index in [1.807, 2.05) is 32.0 Å². The summed E-state index contributed by atoms with van der Waals surface area (Å²) in [6.07, 6.45) is 5.70. The van der Waals surface area contributed by atoms with Gasteiger partial charge in [-0.2, -0.15) is 0 Å². The van der Waals surface area contributed by atoms with Gasteiger partial charge in [-0.15, -0.1) is 0 Å². The summed E-state index contributed by atoms with van der Waals surface area (Å²) in [4.78, 5) is 39.0. The van der Waals surface area contributed by atoms with E-state index in [4.69, 9.17) is 0 Å². The number of amides is 4. The first-order chi connectivity index (χ1) is 13.0. The fourth-order valence-electron chi connectivity index (χ4n) is 4.42. The number of fused-ring (bicyclic) bond motifs is 1. The average molecular weight is 371 g/mol. The van der Waals surface area contributed by atoms with E-state index in [1.165, 1.54) is 5.56 Å². The van der Waals surface area contributed by atoms with Crippen LogP contribution in [0, 0.1) is 0 Å². The summed E-state index contributed by atoms with van der Waals surface area (Å²) >= 11 is 0. The number of hydrogen-bond donors (Lipinski definition) is 2. The molecule has 4 amide bonds. The van der Waals surface area contributed by atoms with Gasteiger partial charge in [-0.3, -0.25) is 14.5 Å². The van der Waals surface area contributed by atoms with Crippen molar-refractivity contribution in [2.75, 3.05) is 6.54 Å². The second-order valence-corrected chi connectivity index (χ2v) is 7.61. The molecular formula is C21H29N3O3. The molecule has 0 bridgehead atoms. The summed E-state index contributed by atoms with van der Waals surface area (Å²) in [5.41, 5.74) is 1.55. The molecule has 0 aromatic heterocycles. The minimum Gasteiger partial charge on any atom is -0.348 e. The Kier molecular flexibility index (Phi) is 5.82. The van der Waals surface area contributed by atoms with Crippen LogP contribution in [0.3, 0.4) is 0 Å². The van der Waals surface area contributed by atoms with Gasteiger partial charge in [-0.25, -0.2) is 4.79 Å². The summed E-state index contributed by atoms with van der Waals surface area (Å²) in [7, 11) is 0. The van der Waals surface area contributed by atoms with Gasteiger partial charge in [-0.1, -0.05) is 51.0 Å². The normalized spacial score (nSPS) is 21.0. The van der Waals surface area contributed by atoms with E-state index in [0.717, 1.165) is 42.6 Å². The Balaban J connectivity index is 1.68. The molecule has 1 heterocycles. The fraction of sp³-hybridized carbons (Fsp3) is 0.571. The Morgan fingerprint density at radius 3 is 2.63 bits per heavy atom. The van der Waals surface area contributed by atoms with Gasteiger partial charge in [0.25, 0.3) is 5.91 Å². The summed E-state index contributed by atoms with van der Waals surface area (Å²) in [5.74, 6) is -0.556. The van der Waals surface area contributed by atoms with E-state index in [-0.39, 0.29) is 24.4 Å². The number of rotatable bonds is 7. The molecule has 1 saturated heterocycles. The zero-order valence-electron chi connectivity index (χ0n) is 16.2. The second kappa shape index (κ2) is 8.11. The van der Waals surface area contributed by atoms with Crippen LogP contribution < -0.4 is 10.6 Å². The SMILES string of the molecule is CCCC1(CCC)NC(=O)N(CC(=O)NC2CCCc3ccccc32)C1=O. The van der Waals surface area contributed by atoms with Crippen molar-refractivity contribution in [2.45, 2.75) is 70.4 Å².